The zero-order chi connectivity index (χ0) is 17.2. The Morgan fingerprint density at radius 1 is 1.12 bits per heavy atom. The Bertz CT molecular complexity index is 905. The largest absolute Gasteiger partial charge is 0.369 e. The van der Waals surface area contributed by atoms with E-state index in [0.29, 0.717) is 17.8 Å². The molecule has 0 spiro atoms. The summed E-state index contributed by atoms with van der Waals surface area (Å²) in [5.74, 6) is 0.00185. The summed E-state index contributed by atoms with van der Waals surface area (Å²) in [5.41, 5.74) is 3.53. The van der Waals surface area contributed by atoms with Gasteiger partial charge in [0.15, 0.2) is 5.65 Å². The van der Waals surface area contributed by atoms with Gasteiger partial charge in [0.25, 0.3) is 5.91 Å². The van der Waals surface area contributed by atoms with Crippen LogP contribution < -0.4 is 4.90 Å². The molecule has 1 amide bonds. The lowest BCUT2D eigenvalue weighted by atomic mass is 10.2. The number of pyridine rings is 1. The van der Waals surface area contributed by atoms with Crippen LogP contribution in [0, 0.1) is 6.92 Å². The molecule has 3 aromatic heterocycles. The normalized spacial score (nSPS) is 15.4. The Hall–Kier alpha value is -2.96. The van der Waals surface area contributed by atoms with Crippen LogP contribution in [-0.4, -0.2) is 56.6 Å². The van der Waals surface area contributed by atoms with Gasteiger partial charge in [-0.15, -0.1) is 0 Å². The topological polar surface area (TPSA) is 66.6 Å². The lowest BCUT2D eigenvalue weighted by Gasteiger charge is -2.24. The van der Waals surface area contributed by atoms with Crippen LogP contribution in [0.3, 0.4) is 0 Å². The van der Waals surface area contributed by atoms with E-state index in [2.05, 4.69) is 26.9 Å². The van der Waals surface area contributed by atoms with Gasteiger partial charge in [0.2, 0.25) is 0 Å². The van der Waals surface area contributed by atoms with Crippen LogP contribution in [0.5, 0.6) is 0 Å². The van der Waals surface area contributed by atoms with Crippen molar-refractivity contribution in [1.29, 1.82) is 0 Å². The molecule has 4 rings (SSSR count). The first-order valence-corrected chi connectivity index (χ1v) is 8.47. The van der Waals surface area contributed by atoms with Crippen molar-refractivity contribution in [2.75, 3.05) is 31.1 Å². The molecule has 1 aliphatic heterocycles. The predicted octanol–water partition coefficient (Wildman–Crippen LogP) is 1.79. The zero-order valence-corrected chi connectivity index (χ0v) is 14.2. The first-order chi connectivity index (χ1) is 12.2. The van der Waals surface area contributed by atoms with Crippen molar-refractivity contribution < 1.29 is 4.79 Å². The molecule has 0 unspecified atom stereocenters. The summed E-state index contributed by atoms with van der Waals surface area (Å²) in [7, 11) is 0. The molecule has 128 valence electrons. The van der Waals surface area contributed by atoms with Crippen molar-refractivity contribution in [2.24, 2.45) is 0 Å². The van der Waals surface area contributed by atoms with E-state index >= 15 is 0 Å². The summed E-state index contributed by atoms with van der Waals surface area (Å²) in [6.07, 6.45) is 9.73. The molecular formula is C18H20N6O. The summed E-state index contributed by atoms with van der Waals surface area (Å²) in [6.45, 7) is 5.24. The minimum absolute atomic E-state index is 0.00185. The van der Waals surface area contributed by atoms with Crippen molar-refractivity contribution in [2.45, 2.75) is 13.3 Å². The van der Waals surface area contributed by atoms with Crippen molar-refractivity contribution in [3.63, 3.8) is 0 Å². The maximum Gasteiger partial charge on any atom is 0.259 e. The highest BCUT2D eigenvalue weighted by atomic mass is 16.2. The van der Waals surface area contributed by atoms with Crippen LogP contribution in [0.4, 0.5) is 5.69 Å². The van der Waals surface area contributed by atoms with Gasteiger partial charge in [-0.2, -0.15) is 5.10 Å². The Labute approximate surface area is 145 Å². The van der Waals surface area contributed by atoms with Gasteiger partial charge >= 0.3 is 0 Å². The molecule has 4 heterocycles. The van der Waals surface area contributed by atoms with Gasteiger partial charge in [-0.25, -0.2) is 9.50 Å². The molecule has 1 saturated heterocycles. The van der Waals surface area contributed by atoms with E-state index in [1.165, 1.54) is 5.69 Å². The number of carbonyl (C=O) groups is 1. The zero-order valence-electron chi connectivity index (χ0n) is 14.2. The molecule has 7 nitrogen and oxygen atoms in total. The van der Waals surface area contributed by atoms with Gasteiger partial charge in [-0.05, 0) is 31.0 Å². The summed E-state index contributed by atoms with van der Waals surface area (Å²) in [5, 5.41) is 4.22. The van der Waals surface area contributed by atoms with Crippen LogP contribution in [0.2, 0.25) is 0 Å². The maximum absolute atomic E-state index is 12.9. The van der Waals surface area contributed by atoms with Gasteiger partial charge in [-0.1, -0.05) is 0 Å². The van der Waals surface area contributed by atoms with Gasteiger partial charge in [-0.3, -0.25) is 9.78 Å². The summed E-state index contributed by atoms with van der Waals surface area (Å²) in [4.78, 5) is 25.6. The van der Waals surface area contributed by atoms with Gasteiger partial charge in [0.05, 0.1) is 6.20 Å². The van der Waals surface area contributed by atoms with Crippen LogP contribution >= 0.6 is 0 Å². The molecule has 0 radical (unpaired) electrons. The predicted molar refractivity (Wildman–Crippen MR) is 94.7 cm³/mol. The van der Waals surface area contributed by atoms with Crippen molar-refractivity contribution in [3.8, 4) is 0 Å². The molecule has 25 heavy (non-hydrogen) atoms. The fourth-order valence-electron chi connectivity index (χ4n) is 3.33. The van der Waals surface area contributed by atoms with E-state index in [4.69, 9.17) is 0 Å². The fraction of sp³-hybridized carbons (Fsp3) is 0.333. The molecule has 7 heteroatoms. The molecule has 0 N–H and O–H groups in total. The molecule has 1 aliphatic rings. The number of fused-ring (bicyclic) bond motifs is 1. The second kappa shape index (κ2) is 6.51. The number of hydrogen-bond donors (Lipinski definition) is 0. The number of amides is 1. The van der Waals surface area contributed by atoms with Crippen molar-refractivity contribution in [1.82, 2.24) is 24.5 Å². The SMILES string of the molecule is Cc1cnccc1N1CCCN(C(=O)c2cnn3cccnc23)CC1. The minimum atomic E-state index is 0.00185. The van der Waals surface area contributed by atoms with E-state index < -0.39 is 0 Å². The molecule has 3 aromatic rings. The first-order valence-electron chi connectivity index (χ1n) is 8.47. The lowest BCUT2D eigenvalue weighted by molar-refractivity contribution is 0.0768. The van der Waals surface area contributed by atoms with E-state index in [1.54, 1.807) is 29.2 Å². The highest BCUT2D eigenvalue weighted by Gasteiger charge is 2.23. The number of carbonyl (C=O) groups excluding carboxylic acids is 1. The molecule has 0 bridgehead atoms. The molecular weight excluding hydrogens is 316 g/mol. The highest BCUT2D eigenvalue weighted by Crippen LogP contribution is 2.21. The Morgan fingerprint density at radius 3 is 2.92 bits per heavy atom. The van der Waals surface area contributed by atoms with E-state index in [-0.39, 0.29) is 5.91 Å². The average Bonchev–Trinajstić information content (AvgIpc) is 2.91. The summed E-state index contributed by atoms with van der Waals surface area (Å²) >= 11 is 0. The first kappa shape index (κ1) is 15.6. The standard InChI is InChI=1S/C18H20N6O/c1-14-12-19-6-4-16(14)22-7-3-8-23(11-10-22)18(25)15-13-21-24-9-2-5-20-17(15)24/h2,4-6,9,12-13H,3,7-8,10-11H2,1H3. The lowest BCUT2D eigenvalue weighted by Crippen LogP contribution is -2.35. The Morgan fingerprint density at radius 2 is 2.04 bits per heavy atom. The summed E-state index contributed by atoms with van der Waals surface area (Å²) in [6, 6.07) is 3.84. The number of hydrogen-bond acceptors (Lipinski definition) is 5. The van der Waals surface area contributed by atoms with Gasteiger partial charge in [0.1, 0.15) is 5.56 Å². The third kappa shape index (κ3) is 2.93. The fourth-order valence-corrected chi connectivity index (χ4v) is 3.33. The molecule has 0 saturated carbocycles. The molecule has 0 aliphatic carbocycles. The number of nitrogens with zero attached hydrogens (tertiary/aromatic N) is 6. The van der Waals surface area contributed by atoms with Crippen molar-refractivity contribution in [3.05, 3.63) is 54.2 Å². The Balaban J connectivity index is 1.53. The van der Waals surface area contributed by atoms with Crippen molar-refractivity contribution >= 4 is 17.2 Å². The number of rotatable bonds is 2. The second-order valence-electron chi connectivity index (χ2n) is 6.24. The van der Waals surface area contributed by atoms with E-state index in [9.17, 15) is 4.79 Å². The van der Waals surface area contributed by atoms with Crippen LogP contribution in [-0.2, 0) is 0 Å². The number of aryl methyl sites for hydroxylation is 1. The third-order valence-electron chi connectivity index (χ3n) is 4.62. The molecule has 1 fully saturated rings. The number of anilines is 1. The molecule has 0 aromatic carbocycles. The average molecular weight is 336 g/mol. The van der Waals surface area contributed by atoms with Crippen LogP contribution in [0.1, 0.15) is 22.3 Å². The second-order valence-corrected chi connectivity index (χ2v) is 6.24. The van der Waals surface area contributed by atoms with Crippen LogP contribution in [0.15, 0.2) is 43.1 Å². The smallest absolute Gasteiger partial charge is 0.259 e. The van der Waals surface area contributed by atoms with Gasteiger partial charge in [0, 0.05) is 56.7 Å². The molecule has 0 atom stereocenters. The quantitative estimate of drug-likeness (QED) is 0.714. The minimum Gasteiger partial charge on any atom is -0.369 e. The maximum atomic E-state index is 12.9. The van der Waals surface area contributed by atoms with Crippen LogP contribution in [0.25, 0.3) is 5.65 Å². The summed E-state index contributed by atoms with van der Waals surface area (Å²) < 4.78 is 1.64. The van der Waals surface area contributed by atoms with E-state index in [1.807, 2.05) is 23.4 Å². The third-order valence-corrected chi connectivity index (χ3v) is 4.62. The Kier molecular flexibility index (Phi) is 4.05. The number of aromatic nitrogens is 4. The van der Waals surface area contributed by atoms with Gasteiger partial charge < -0.3 is 9.80 Å². The monoisotopic (exact) mass is 336 g/mol. The highest BCUT2D eigenvalue weighted by molar-refractivity contribution is 5.99. The van der Waals surface area contributed by atoms with E-state index in [0.717, 1.165) is 31.6 Å².